The van der Waals surface area contributed by atoms with Gasteiger partial charge in [-0.2, -0.15) is 0 Å². The molecule has 2 heteroatoms. The van der Waals surface area contributed by atoms with Gasteiger partial charge in [0.05, 0.1) is 5.69 Å². The second kappa shape index (κ2) is 3.68. The molecule has 1 aliphatic rings. The Morgan fingerprint density at radius 1 is 1.21 bits per heavy atom. The Balaban J connectivity index is 2.46. The normalized spacial score (nSPS) is 32.1. The van der Waals surface area contributed by atoms with Crippen LogP contribution in [0.25, 0.3) is 0 Å². The van der Waals surface area contributed by atoms with Crippen molar-refractivity contribution in [2.45, 2.75) is 45.4 Å². The number of hydrogen-bond acceptors (Lipinski definition) is 2. The van der Waals surface area contributed by atoms with Gasteiger partial charge in [-0.3, -0.25) is 0 Å². The lowest BCUT2D eigenvalue weighted by atomic mass is 9.91. The highest BCUT2D eigenvalue weighted by Gasteiger charge is 2.25. The van der Waals surface area contributed by atoms with Crippen molar-refractivity contribution in [3.8, 4) is 0 Å². The lowest BCUT2D eigenvalue weighted by molar-refractivity contribution is 0.440. The van der Waals surface area contributed by atoms with Gasteiger partial charge in [-0.15, -0.1) is 0 Å². The fraction of sp³-hybridized carbons (Fsp3) is 0.667. The van der Waals surface area contributed by atoms with E-state index in [1.165, 1.54) is 24.1 Å². The largest absolute Gasteiger partial charge is 0.245 e. The molecule has 0 saturated heterocycles. The number of fused-ring (bicyclic) bond motifs is 1. The average molecular weight is 190 g/mol. The molecule has 3 unspecified atom stereocenters. The van der Waals surface area contributed by atoms with Crippen molar-refractivity contribution in [1.29, 1.82) is 0 Å². The highest BCUT2D eigenvalue weighted by Crippen LogP contribution is 2.37. The van der Waals surface area contributed by atoms with Crippen molar-refractivity contribution < 1.29 is 0 Å². The second-order valence-corrected chi connectivity index (χ2v) is 4.61. The Morgan fingerprint density at radius 3 is 2.79 bits per heavy atom. The second-order valence-electron chi connectivity index (χ2n) is 4.61. The van der Waals surface area contributed by atoms with E-state index >= 15 is 0 Å². The van der Waals surface area contributed by atoms with Crippen LogP contribution in [0.5, 0.6) is 0 Å². The van der Waals surface area contributed by atoms with E-state index in [1.54, 1.807) is 6.33 Å². The van der Waals surface area contributed by atoms with Crippen molar-refractivity contribution >= 4 is 0 Å². The molecule has 1 aliphatic carbocycles. The van der Waals surface area contributed by atoms with Gasteiger partial charge < -0.3 is 0 Å². The first-order valence-electron chi connectivity index (χ1n) is 5.50. The van der Waals surface area contributed by atoms with Gasteiger partial charge in [0.25, 0.3) is 0 Å². The van der Waals surface area contributed by atoms with Crippen LogP contribution >= 0.6 is 0 Å². The lowest BCUT2D eigenvalue weighted by Crippen LogP contribution is -2.07. The Morgan fingerprint density at radius 2 is 2.00 bits per heavy atom. The highest BCUT2D eigenvalue weighted by molar-refractivity contribution is 5.25. The summed E-state index contributed by atoms with van der Waals surface area (Å²) in [5.41, 5.74) is 2.64. The molecule has 1 aromatic heterocycles. The van der Waals surface area contributed by atoms with Crippen LogP contribution in [-0.4, -0.2) is 9.97 Å². The van der Waals surface area contributed by atoms with Gasteiger partial charge in [-0.05, 0) is 30.2 Å². The SMILES string of the molecule is CC1CCC(C)C(C)c2ncncc21. The molecule has 2 rings (SSSR count). The van der Waals surface area contributed by atoms with Gasteiger partial charge in [0, 0.05) is 12.1 Å². The maximum absolute atomic E-state index is 4.45. The van der Waals surface area contributed by atoms with E-state index in [1.807, 2.05) is 6.20 Å². The zero-order chi connectivity index (χ0) is 10.1. The van der Waals surface area contributed by atoms with Gasteiger partial charge in [0.15, 0.2) is 0 Å². The molecule has 2 nitrogen and oxygen atoms in total. The summed E-state index contributed by atoms with van der Waals surface area (Å²) in [5, 5.41) is 0. The fourth-order valence-electron chi connectivity index (χ4n) is 2.30. The topological polar surface area (TPSA) is 25.8 Å². The van der Waals surface area contributed by atoms with Crippen molar-refractivity contribution in [1.82, 2.24) is 9.97 Å². The molecule has 0 bridgehead atoms. The van der Waals surface area contributed by atoms with Gasteiger partial charge in [-0.1, -0.05) is 20.8 Å². The van der Waals surface area contributed by atoms with Crippen molar-refractivity contribution in [2.75, 3.05) is 0 Å². The van der Waals surface area contributed by atoms with Gasteiger partial charge >= 0.3 is 0 Å². The quantitative estimate of drug-likeness (QED) is 0.587. The summed E-state index contributed by atoms with van der Waals surface area (Å²) in [6.45, 7) is 6.90. The molecule has 1 aromatic rings. The molecule has 0 spiro atoms. The van der Waals surface area contributed by atoms with Gasteiger partial charge in [0.2, 0.25) is 0 Å². The van der Waals surface area contributed by atoms with Crippen LogP contribution in [0.1, 0.15) is 56.7 Å². The minimum absolute atomic E-state index is 0.581. The van der Waals surface area contributed by atoms with E-state index in [0.717, 1.165) is 5.92 Å². The monoisotopic (exact) mass is 190 g/mol. The zero-order valence-corrected chi connectivity index (χ0v) is 9.20. The minimum atomic E-state index is 0.581. The molecule has 0 aliphatic heterocycles. The number of aromatic nitrogens is 2. The first-order valence-corrected chi connectivity index (χ1v) is 5.50. The summed E-state index contributed by atoms with van der Waals surface area (Å²) >= 11 is 0. The van der Waals surface area contributed by atoms with Gasteiger partial charge in [0.1, 0.15) is 6.33 Å². The first-order chi connectivity index (χ1) is 6.70. The summed E-state index contributed by atoms with van der Waals surface area (Å²) in [5.74, 6) is 1.95. The molecule has 0 amide bonds. The molecular weight excluding hydrogens is 172 g/mol. The molecule has 1 heterocycles. The summed E-state index contributed by atoms with van der Waals surface area (Å²) in [7, 11) is 0. The predicted octanol–water partition coefficient (Wildman–Crippen LogP) is 3.11. The van der Waals surface area contributed by atoms with E-state index < -0.39 is 0 Å². The van der Waals surface area contributed by atoms with Crippen LogP contribution in [0.15, 0.2) is 12.5 Å². The molecular formula is C12H18N2. The summed E-state index contributed by atoms with van der Waals surface area (Å²) < 4.78 is 0. The molecule has 0 radical (unpaired) electrons. The zero-order valence-electron chi connectivity index (χ0n) is 9.20. The van der Waals surface area contributed by atoms with Crippen LogP contribution in [0.3, 0.4) is 0 Å². The van der Waals surface area contributed by atoms with E-state index in [2.05, 4.69) is 30.7 Å². The maximum atomic E-state index is 4.45. The van der Waals surface area contributed by atoms with Crippen LogP contribution in [0.2, 0.25) is 0 Å². The smallest absolute Gasteiger partial charge is 0.115 e. The average Bonchev–Trinajstić information content (AvgIpc) is 2.33. The first kappa shape index (κ1) is 9.63. The van der Waals surface area contributed by atoms with E-state index in [-0.39, 0.29) is 0 Å². The van der Waals surface area contributed by atoms with Crippen LogP contribution in [0, 0.1) is 5.92 Å². The maximum Gasteiger partial charge on any atom is 0.115 e. The molecule has 14 heavy (non-hydrogen) atoms. The van der Waals surface area contributed by atoms with Crippen molar-refractivity contribution in [2.24, 2.45) is 5.92 Å². The molecule has 3 atom stereocenters. The summed E-state index contributed by atoms with van der Waals surface area (Å²) in [4.78, 5) is 8.59. The number of rotatable bonds is 0. The van der Waals surface area contributed by atoms with Gasteiger partial charge in [-0.25, -0.2) is 9.97 Å². The van der Waals surface area contributed by atoms with Crippen LogP contribution in [-0.2, 0) is 0 Å². The molecule has 76 valence electrons. The Hall–Kier alpha value is -0.920. The van der Waals surface area contributed by atoms with E-state index in [9.17, 15) is 0 Å². The van der Waals surface area contributed by atoms with Crippen LogP contribution < -0.4 is 0 Å². The van der Waals surface area contributed by atoms with E-state index in [4.69, 9.17) is 0 Å². The van der Waals surface area contributed by atoms with Crippen LogP contribution in [0.4, 0.5) is 0 Å². The minimum Gasteiger partial charge on any atom is -0.245 e. The molecule has 0 saturated carbocycles. The number of hydrogen-bond donors (Lipinski definition) is 0. The Kier molecular flexibility index (Phi) is 2.53. The third-order valence-corrected chi connectivity index (χ3v) is 3.64. The predicted molar refractivity (Wildman–Crippen MR) is 57.3 cm³/mol. The number of nitrogens with zero attached hydrogens (tertiary/aromatic N) is 2. The molecule has 0 N–H and O–H groups in total. The van der Waals surface area contributed by atoms with E-state index in [0.29, 0.717) is 11.8 Å². The third kappa shape index (κ3) is 1.54. The lowest BCUT2D eigenvalue weighted by Gasteiger charge is -2.17. The summed E-state index contributed by atoms with van der Waals surface area (Å²) in [6, 6.07) is 0. The fourth-order valence-corrected chi connectivity index (χ4v) is 2.30. The Bertz CT molecular complexity index is 322. The molecule has 0 fully saturated rings. The van der Waals surface area contributed by atoms with Crippen molar-refractivity contribution in [3.63, 3.8) is 0 Å². The third-order valence-electron chi connectivity index (χ3n) is 3.64. The summed E-state index contributed by atoms with van der Waals surface area (Å²) in [6.07, 6.45) is 6.26. The molecule has 0 aromatic carbocycles. The highest BCUT2D eigenvalue weighted by atomic mass is 14.8. The Labute approximate surface area is 85.8 Å². The standard InChI is InChI=1S/C12H18N2/c1-8-4-5-9(2)11-6-13-7-14-12(11)10(8)3/h6-10H,4-5H2,1-3H3. The van der Waals surface area contributed by atoms with Crippen molar-refractivity contribution in [3.05, 3.63) is 23.8 Å².